The van der Waals surface area contributed by atoms with Crippen LogP contribution in [0, 0.1) is 0 Å². The normalized spacial score (nSPS) is 15.9. The van der Waals surface area contributed by atoms with E-state index in [0.717, 1.165) is 25.2 Å². The molecule has 1 saturated heterocycles. The summed E-state index contributed by atoms with van der Waals surface area (Å²) in [5.74, 6) is -0.420. The molecule has 1 unspecified atom stereocenters. The summed E-state index contributed by atoms with van der Waals surface area (Å²) in [6.45, 7) is 2.84. The Morgan fingerprint density at radius 2 is 1.62 bits per heavy atom. The minimum atomic E-state index is -4.67. The molecule has 1 fully saturated rings. The highest BCUT2D eigenvalue weighted by molar-refractivity contribution is 5.85. The van der Waals surface area contributed by atoms with Crippen LogP contribution in [0.5, 0.6) is 5.75 Å². The van der Waals surface area contributed by atoms with Crippen LogP contribution in [-0.4, -0.2) is 57.9 Å². The summed E-state index contributed by atoms with van der Waals surface area (Å²) in [7, 11) is 1.55. The van der Waals surface area contributed by atoms with Gasteiger partial charge in [0.25, 0.3) is 5.82 Å². The summed E-state index contributed by atoms with van der Waals surface area (Å²) in [5.41, 5.74) is 3.45. The fourth-order valence-corrected chi connectivity index (χ4v) is 4.99. The number of rotatable bonds is 7. The second-order valence-corrected chi connectivity index (χ2v) is 9.00. The molecule has 1 aliphatic heterocycles. The van der Waals surface area contributed by atoms with E-state index in [2.05, 4.69) is 74.3 Å². The SMILES string of the molecule is COc1ccc(-n2nnnc2C(F)(F)F)cc1CN1CCNC(C(c2ccccc2)c2ccccc2)C1.Cl.Cl. The standard InChI is InChI=1S/C27H27F3N6O.2ClH/c1-37-24-13-12-22(36-26(27(28,29)30)32-33-34-36)16-21(24)17-35-15-14-31-23(18-35)25(19-8-4-2-5-9-19)20-10-6-3-7-11-20;;/h2-13,16,23,25,31H,14-15,17-18H2,1H3;2*1H. The van der Waals surface area contributed by atoms with Gasteiger partial charge in [0, 0.05) is 43.7 Å². The third-order valence-corrected chi connectivity index (χ3v) is 6.63. The fourth-order valence-electron chi connectivity index (χ4n) is 4.99. The first kappa shape index (κ1) is 30.4. The molecule has 0 saturated carbocycles. The lowest BCUT2D eigenvalue weighted by molar-refractivity contribution is -0.146. The van der Waals surface area contributed by atoms with Gasteiger partial charge in [-0.15, -0.1) is 29.9 Å². The molecular weight excluding hydrogens is 552 g/mol. The first-order chi connectivity index (χ1) is 17.9. The van der Waals surface area contributed by atoms with Crippen molar-refractivity contribution in [3.63, 3.8) is 0 Å². The lowest BCUT2D eigenvalue weighted by Gasteiger charge is -2.38. The summed E-state index contributed by atoms with van der Waals surface area (Å²) in [6.07, 6.45) is -4.67. The van der Waals surface area contributed by atoms with E-state index >= 15 is 0 Å². The fraction of sp³-hybridized carbons (Fsp3) is 0.296. The van der Waals surface area contributed by atoms with Gasteiger partial charge >= 0.3 is 6.18 Å². The maximum Gasteiger partial charge on any atom is 0.453 e. The second-order valence-electron chi connectivity index (χ2n) is 9.00. The van der Waals surface area contributed by atoms with Gasteiger partial charge in [-0.1, -0.05) is 60.7 Å². The molecule has 5 rings (SSSR count). The predicted molar refractivity (Wildman–Crippen MR) is 147 cm³/mol. The lowest BCUT2D eigenvalue weighted by atomic mass is 9.84. The average Bonchev–Trinajstić information content (AvgIpc) is 3.42. The predicted octanol–water partition coefficient (Wildman–Crippen LogP) is 5.14. The van der Waals surface area contributed by atoms with Crippen molar-refractivity contribution in [2.24, 2.45) is 0 Å². The lowest BCUT2D eigenvalue weighted by Crippen LogP contribution is -2.52. The van der Waals surface area contributed by atoms with Gasteiger partial charge in [0.15, 0.2) is 0 Å². The molecule has 0 spiro atoms. The Hall–Kier alpha value is -3.18. The van der Waals surface area contributed by atoms with Gasteiger partial charge in [-0.25, -0.2) is 0 Å². The molecule has 0 amide bonds. The van der Waals surface area contributed by atoms with E-state index < -0.39 is 12.0 Å². The summed E-state index contributed by atoms with van der Waals surface area (Å²) in [6, 6.07) is 25.8. The quantitative estimate of drug-likeness (QED) is 0.326. The van der Waals surface area contributed by atoms with Gasteiger partial charge in [-0.2, -0.15) is 17.9 Å². The molecule has 3 aromatic carbocycles. The zero-order chi connectivity index (χ0) is 25.8. The third kappa shape index (κ3) is 6.88. The van der Waals surface area contributed by atoms with Crippen LogP contribution in [0.15, 0.2) is 78.9 Å². The molecule has 0 radical (unpaired) electrons. The highest BCUT2D eigenvalue weighted by Crippen LogP contribution is 2.32. The molecule has 0 bridgehead atoms. The molecule has 12 heteroatoms. The van der Waals surface area contributed by atoms with Crippen LogP contribution < -0.4 is 10.1 Å². The summed E-state index contributed by atoms with van der Waals surface area (Å²) >= 11 is 0. The van der Waals surface area contributed by atoms with Gasteiger partial charge in [0.05, 0.1) is 12.8 Å². The number of ether oxygens (including phenoxy) is 1. The van der Waals surface area contributed by atoms with Crippen LogP contribution in [0.3, 0.4) is 0 Å². The van der Waals surface area contributed by atoms with Gasteiger partial charge < -0.3 is 10.1 Å². The van der Waals surface area contributed by atoms with E-state index in [-0.39, 0.29) is 42.5 Å². The van der Waals surface area contributed by atoms with E-state index in [9.17, 15) is 13.2 Å². The van der Waals surface area contributed by atoms with Gasteiger partial charge in [0.2, 0.25) is 0 Å². The Balaban J connectivity index is 0.00000210. The number of methoxy groups -OCH3 is 1. The number of piperazine rings is 1. The smallest absolute Gasteiger partial charge is 0.453 e. The van der Waals surface area contributed by atoms with Crippen molar-refractivity contribution in [2.45, 2.75) is 24.7 Å². The van der Waals surface area contributed by atoms with Crippen molar-refractivity contribution < 1.29 is 17.9 Å². The van der Waals surface area contributed by atoms with Crippen LogP contribution in [-0.2, 0) is 12.7 Å². The van der Waals surface area contributed by atoms with Gasteiger partial charge in [-0.05, 0) is 39.8 Å². The highest BCUT2D eigenvalue weighted by Gasteiger charge is 2.38. The minimum Gasteiger partial charge on any atom is -0.496 e. The average molecular weight is 581 g/mol. The Morgan fingerprint density at radius 3 is 2.21 bits per heavy atom. The maximum absolute atomic E-state index is 13.4. The Labute approximate surface area is 237 Å². The van der Waals surface area contributed by atoms with Crippen molar-refractivity contribution in [2.75, 3.05) is 26.7 Å². The number of halogens is 5. The van der Waals surface area contributed by atoms with Crippen LogP contribution >= 0.6 is 24.8 Å². The molecule has 208 valence electrons. The van der Waals surface area contributed by atoms with Crippen LogP contribution in [0.2, 0.25) is 0 Å². The summed E-state index contributed by atoms with van der Waals surface area (Å²) < 4.78 is 46.4. The van der Waals surface area contributed by atoms with Crippen molar-refractivity contribution in [1.82, 2.24) is 30.4 Å². The molecule has 7 nitrogen and oxygen atoms in total. The van der Waals surface area contributed by atoms with Crippen LogP contribution in [0.25, 0.3) is 5.69 Å². The molecule has 1 aliphatic rings. The summed E-state index contributed by atoms with van der Waals surface area (Å²) in [4.78, 5) is 2.30. The number of nitrogens with one attached hydrogen (secondary N) is 1. The molecular formula is C27H29Cl2F3N6O. The molecule has 1 N–H and O–H groups in total. The number of hydrogen-bond acceptors (Lipinski definition) is 6. The largest absolute Gasteiger partial charge is 0.496 e. The first-order valence-electron chi connectivity index (χ1n) is 12.0. The molecule has 0 aliphatic carbocycles. The van der Waals surface area contributed by atoms with E-state index in [1.54, 1.807) is 19.2 Å². The number of hydrogen-bond donors (Lipinski definition) is 1. The summed E-state index contributed by atoms with van der Waals surface area (Å²) in [5, 5.41) is 13.7. The highest BCUT2D eigenvalue weighted by atomic mass is 35.5. The molecule has 1 aromatic heterocycles. The van der Waals surface area contributed by atoms with Crippen molar-refractivity contribution in [3.05, 3.63) is 101 Å². The number of tetrazole rings is 1. The first-order valence-corrected chi connectivity index (χ1v) is 12.0. The number of nitrogens with zero attached hydrogens (tertiary/aromatic N) is 5. The Bertz CT molecular complexity index is 1280. The van der Waals surface area contributed by atoms with Crippen molar-refractivity contribution in [3.8, 4) is 11.4 Å². The number of aromatic nitrogens is 4. The van der Waals surface area contributed by atoms with Crippen LogP contribution in [0.1, 0.15) is 28.4 Å². The third-order valence-electron chi connectivity index (χ3n) is 6.63. The zero-order valence-electron chi connectivity index (χ0n) is 21.1. The van der Waals surface area contributed by atoms with E-state index in [0.29, 0.717) is 17.0 Å². The Morgan fingerprint density at radius 1 is 0.974 bits per heavy atom. The zero-order valence-corrected chi connectivity index (χ0v) is 22.7. The number of benzene rings is 3. The van der Waals surface area contributed by atoms with Crippen molar-refractivity contribution >= 4 is 24.8 Å². The van der Waals surface area contributed by atoms with E-state index in [1.807, 2.05) is 12.1 Å². The van der Waals surface area contributed by atoms with E-state index in [1.165, 1.54) is 17.2 Å². The number of alkyl halides is 3. The Kier molecular flexibility index (Phi) is 10.3. The maximum atomic E-state index is 13.4. The van der Waals surface area contributed by atoms with E-state index in [4.69, 9.17) is 4.74 Å². The molecule has 2 heterocycles. The molecule has 39 heavy (non-hydrogen) atoms. The monoisotopic (exact) mass is 580 g/mol. The second kappa shape index (κ2) is 13.3. The minimum absolute atomic E-state index is 0. The van der Waals surface area contributed by atoms with Crippen molar-refractivity contribution in [1.29, 1.82) is 0 Å². The molecule has 4 aromatic rings. The van der Waals surface area contributed by atoms with Gasteiger partial charge in [-0.3, -0.25) is 4.90 Å². The topological polar surface area (TPSA) is 68.1 Å². The molecule has 1 atom stereocenters. The van der Waals surface area contributed by atoms with Crippen LogP contribution in [0.4, 0.5) is 13.2 Å². The van der Waals surface area contributed by atoms with Gasteiger partial charge in [0.1, 0.15) is 5.75 Å².